The van der Waals surface area contributed by atoms with Crippen molar-refractivity contribution in [3.8, 4) is 5.75 Å². The molecule has 0 spiro atoms. The third-order valence-electron chi connectivity index (χ3n) is 5.16. The zero-order valence-corrected chi connectivity index (χ0v) is 17.7. The van der Waals surface area contributed by atoms with Gasteiger partial charge in [-0.05, 0) is 35.7 Å². The second kappa shape index (κ2) is 9.83. The van der Waals surface area contributed by atoms with E-state index in [1.54, 1.807) is 6.92 Å². The summed E-state index contributed by atoms with van der Waals surface area (Å²) in [5.74, 6) is 0.222. The van der Waals surface area contributed by atoms with E-state index >= 15 is 0 Å². The van der Waals surface area contributed by atoms with E-state index in [1.165, 1.54) is 0 Å². The Morgan fingerprint density at radius 2 is 1.44 bits per heavy atom. The number of nitrogens with one attached hydrogen (secondary N) is 2. The lowest BCUT2D eigenvalue weighted by Crippen LogP contribution is -2.45. The Morgan fingerprint density at radius 1 is 0.844 bits per heavy atom. The molecule has 0 aromatic heterocycles. The number of hydrogen-bond acceptors (Lipinski definition) is 4. The van der Waals surface area contributed by atoms with E-state index in [0.717, 1.165) is 16.7 Å². The zero-order chi connectivity index (χ0) is 22.3. The van der Waals surface area contributed by atoms with Gasteiger partial charge in [0.05, 0.1) is 11.6 Å². The Hall–Kier alpha value is -4.06. The molecule has 1 atom stereocenters. The molecule has 3 aromatic carbocycles. The Kier molecular flexibility index (Phi) is 6.51. The van der Waals surface area contributed by atoms with Gasteiger partial charge in [-0.15, -0.1) is 0 Å². The molecule has 6 nitrogen and oxygen atoms in total. The average Bonchev–Trinajstić information content (AvgIpc) is 2.82. The predicted molar refractivity (Wildman–Crippen MR) is 121 cm³/mol. The van der Waals surface area contributed by atoms with Crippen molar-refractivity contribution in [1.29, 1.82) is 0 Å². The van der Waals surface area contributed by atoms with Gasteiger partial charge in [-0.1, -0.05) is 72.8 Å². The van der Waals surface area contributed by atoms with Crippen LogP contribution < -0.4 is 15.4 Å². The van der Waals surface area contributed by atoms with Crippen LogP contribution in [0.25, 0.3) is 0 Å². The van der Waals surface area contributed by atoms with Crippen molar-refractivity contribution in [2.75, 3.05) is 0 Å². The fraction of sp³-hybridized carbons (Fsp3) is 0.154. The number of rotatable bonds is 7. The third kappa shape index (κ3) is 5.16. The molecular formula is C26H24N2O4. The number of esters is 1. The molecule has 32 heavy (non-hydrogen) atoms. The molecule has 0 saturated heterocycles. The minimum absolute atomic E-state index is 0.156. The number of amides is 2. The highest BCUT2D eigenvalue weighted by Crippen LogP contribution is 2.29. The summed E-state index contributed by atoms with van der Waals surface area (Å²) < 4.78 is 11.4. The molecule has 1 aliphatic heterocycles. The van der Waals surface area contributed by atoms with Crippen LogP contribution in [0.15, 0.2) is 96.2 Å². The first-order chi connectivity index (χ1) is 15.6. The van der Waals surface area contributed by atoms with E-state index < -0.39 is 12.0 Å². The number of urea groups is 1. The minimum Gasteiger partial charge on any atom is -0.489 e. The van der Waals surface area contributed by atoms with Crippen LogP contribution in [0, 0.1) is 0 Å². The van der Waals surface area contributed by atoms with Gasteiger partial charge in [0, 0.05) is 5.70 Å². The van der Waals surface area contributed by atoms with Gasteiger partial charge in [0.15, 0.2) is 0 Å². The standard InChI is InChI=1S/C26H24N2O4/c1-18-23(25(29)32-17-20-10-6-3-7-11-20)24(28-26(30)27-18)21-12-14-22(15-13-21)31-16-19-8-4-2-5-9-19/h2-15,24H,16-17H2,1H3,(H2,27,28,30). The second-order valence-electron chi connectivity index (χ2n) is 7.48. The van der Waals surface area contributed by atoms with Gasteiger partial charge >= 0.3 is 12.0 Å². The summed E-state index contributed by atoms with van der Waals surface area (Å²) in [6.07, 6.45) is 0. The highest BCUT2D eigenvalue weighted by Gasteiger charge is 2.32. The van der Waals surface area contributed by atoms with Crippen LogP contribution in [0.1, 0.15) is 29.7 Å². The third-order valence-corrected chi connectivity index (χ3v) is 5.16. The highest BCUT2D eigenvalue weighted by molar-refractivity contribution is 5.95. The molecule has 1 heterocycles. The Morgan fingerprint density at radius 3 is 2.06 bits per heavy atom. The molecule has 1 unspecified atom stereocenters. The monoisotopic (exact) mass is 428 g/mol. The fourth-order valence-corrected chi connectivity index (χ4v) is 3.51. The first kappa shape index (κ1) is 21.2. The van der Waals surface area contributed by atoms with Gasteiger partial charge in [-0.2, -0.15) is 0 Å². The van der Waals surface area contributed by atoms with Crippen LogP contribution in [0.3, 0.4) is 0 Å². The molecule has 0 aliphatic carbocycles. The van der Waals surface area contributed by atoms with E-state index in [9.17, 15) is 9.59 Å². The lowest BCUT2D eigenvalue weighted by Gasteiger charge is -2.28. The quantitative estimate of drug-likeness (QED) is 0.538. The summed E-state index contributed by atoms with van der Waals surface area (Å²) in [5, 5.41) is 5.48. The number of carbonyl (C=O) groups excluding carboxylic acids is 2. The second-order valence-corrected chi connectivity index (χ2v) is 7.48. The molecule has 162 valence electrons. The molecule has 4 rings (SSSR count). The molecule has 3 aromatic rings. The van der Waals surface area contributed by atoms with Crippen molar-refractivity contribution in [3.63, 3.8) is 0 Å². The molecule has 0 bridgehead atoms. The van der Waals surface area contributed by atoms with Crippen molar-refractivity contribution < 1.29 is 19.1 Å². The maximum Gasteiger partial charge on any atom is 0.338 e. The number of benzene rings is 3. The smallest absolute Gasteiger partial charge is 0.338 e. The topological polar surface area (TPSA) is 76.7 Å². The molecule has 0 radical (unpaired) electrons. The van der Waals surface area contributed by atoms with Crippen LogP contribution in [0.4, 0.5) is 4.79 Å². The Bertz CT molecular complexity index is 1110. The maximum absolute atomic E-state index is 12.9. The minimum atomic E-state index is -0.616. The summed E-state index contributed by atoms with van der Waals surface area (Å²) in [4.78, 5) is 25.0. The molecule has 0 saturated carbocycles. The maximum atomic E-state index is 12.9. The van der Waals surface area contributed by atoms with Crippen LogP contribution >= 0.6 is 0 Å². The number of allylic oxidation sites excluding steroid dienone is 1. The summed E-state index contributed by atoms with van der Waals surface area (Å²) in [6.45, 7) is 2.31. The largest absolute Gasteiger partial charge is 0.489 e. The fourth-order valence-electron chi connectivity index (χ4n) is 3.51. The molecule has 0 fully saturated rings. The van der Waals surface area contributed by atoms with Gasteiger partial charge in [-0.3, -0.25) is 0 Å². The lowest BCUT2D eigenvalue weighted by atomic mass is 9.95. The van der Waals surface area contributed by atoms with Gasteiger partial charge in [0.25, 0.3) is 0 Å². The van der Waals surface area contributed by atoms with Gasteiger partial charge in [0.2, 0.25) is 0 Å². The number of carbonyl (C=O) groups is 2. The summed E-state index contributed by atoms with van der Waals surface area (Å²) >= 11 is 0. The highest BCUT2D eigenvalue weighted by atomic mass is 16.5. The van der Waals surface area contributed by atoms with Crippen LogP contribution in [0.5, 0.6) is 5.75 Å². The first-order valence-electron chi connectivity index (χ1n) is 10.4. The normalized spacial score (nSPS) is 15.5. The van der Waals surface area contributed by atoms with Crippen LogP contribution in [0.2, 0.25) is 0 Å². The number of ether oxygens (including phenoxy) is 2. The SMILES string of the molecule is CC1=C(C(=O)OCc2ccccc2)C(c2ccc(OCc3ccccc3)cc2)NC(=O)N1. The molecular weight excluding hydrogens is 404 g/mol. The zero-order valence-electron chi connectivity index (χ0n) is 17.7. The lowest BCUT2D eigenvalue weighted by molar-refractivity contribution is -0.140. The van der Waals surface area contributed by atoms with Crippen molar-refractivity contribution >= 4 is 12.0 Å². The number of hydrogen-bond donors (Lipinski definition) is 2. The van der Waals surface area contributed by atoms with E-state index in [1.807, 2.05) is 84.9 Å². The molecule has 6 heteroatoms. The van der Waals surface area contributed by atoms with Gasteiger partial charge in [0.1, 0.15) is 19.0 Å². The summed E-state index contributed by atoms with van der Waals surface area (Å²) in [6, 6.07) is 25.7. The van der Waals surface area contributed by atoms with E-state index in [2.05, 4.69) is 10.6 Å². The molecule has 1 aliphatic rings. The van der Waals surface area contributed by atoms with E-state index in [4.69, 9.17) is 9.47 Å². The van der Waals surface area contributed by atoms with Crippen molar-refractivity contribution in [3.05, 3.63) is 113 Å². The summed E-state index contributed by atoms with van der Waals surface area (Å²) in [7, 11) is 0. The molecule has 2 amide bonds. The Balaban J connectivity index is 1.47. The van der Waals surface area contributed by atoms with Crippen LogP contribution in [-0.2, 0) is 22.7 Å². The predicted octanol–water partition coefficient (Wildman–Crippen LogP) is 4.64. The van der Waals surface area contributed by atoms with Crippen molar-refractivity contribution in [2.45, 2.75) is 26.2 Å². The Labute approximate surface area is 186 Å². The summed E-state index contributed by atoms with van der Waals surface area (Å²) in [5.41, 5.74) is 3.57. The molecule has 2 N–H and O–H groups in total. The first-order valence-corrected chi connectivity index (χ1v) is 10.4. The van der Waals surface area contributed by atoms with E-state index in [0.29, 0.717) is 23.6 Å². The van der Waals surface area contributed by atoms with E-state index in [-0.39, 0.29) is 12.6 Å². The van der Waals surface area contributed by atoms with Gasteiger partial charge in [-0.25, -0.2) is 9.59 Å². The van der Waals surface area contributed by atoms with Crippen molar-refractivity contribution in [2.24, 2.45) is 0 Å². The van der Waals surface area contributed by atoms with Gasteiger partial charge < -0.3 is 20.1 Å². The van der Waals surface area contributed by atoms with Crippen molar-refractivity contribution in [1.82, 2.24) is 10.6 Å². The average molecular weight is 428 g/mol. The van der Waals surface area contributed by atoms with Crippen LogP contribution in [-0.4, -0.2) is 12.0 Å².